The van der Waals surface area contributed by atoms with E-state index in [1.165, 1.54) is 18.5 Å². The van der Waals surface area contributed by atoms with Crippen LogP contribution in [0.15, 0.2) is 35.5 Å². The lowest BCUT2D eigenvalue weighted by atomic mass is 10.2. The molecule has 19 heavy (non-hydrogen) atoms. The highest BCUT2D eigenvalue weighted by Crippen LogP contribution is 2.25. The number of hydrogen-bond donors (Lipinski definition) is 1. The van der Waals surface area contributed by atoms with E-state index in [1.807, 2.05) is 0 Å². The third-order valence-electron chi connectivity index (χ3n) is 2.39. The van der Waals surface area contributed by atoms with Crippen molar-refractivity contribution in [1.82, 2.24) is 9.97 Å². The van der Waals surface area contributed by atoms with E-state index in [1.54, 1.807) is 19.1 Å². The second-order valence-corrected chi connectivity index (χ2v) is 6.08. The summed E-state index contributed by atoms with van der Waals surface area (Å²) in [5.41, 5.74) is 0.455. The van der Waals surface area contributed by atoms with E-state index in [2.05, 4.69) is 14.7 Å². The van der Waals surface area contributed by atoms with Crippen molar-refractivity contribution in [3.8, 4) is 0 Å². The van der Waals surface area contributed by atoms with Gasteiger partial charge in [-0.25, -0.2) is 18.4 Å². The van der Waals surface area contributed by atoms with Crippen LogP contribution in [0.1, 0.15) is 5.56 Å². The van der Waals surface area contributed by atoms with Crippen molar-refractivity contribution in [2.45, 2.75) is 11.8 Å². The Bertz CT molecular complexity index is 720. The molecule has 1 aromatic heterocycles. The molecule has 0 bridgehead atoms. The van der Waals surface area contributed by atoms with Gasteiger partial charge < -0.3 is 0 Å². The summed E-state index contributed by atoms with van der Waals surface area (Å²) in [4.78, 5) is 7.64. The molecule has 0 aliphatic rings. The Morgan fingerprint density at radius 1 is 1.16 bits per heavy atom. The number of rotatable bonds is 3. The minimum atomic E-state index is -3.81. The van der Waals surface area contributed by atoms with Crippen LogP contribution < -0.4 is 4.72 Å². The topological polar surface area (TPSA) is 72.0 Å². The number of sulfonamides is 1. The first-order valence-electron chi connectivity index (χ1n) is 5.16. The molecule has 1 N–H and O–H groups in total. The Kier molecular flexibility index (Phi) is 3.93. The van der Waals surface area contributed by atoms with E-state index >= 15 is 0 Å². The number of anilines is 1. The largest absolute Gasteiger partial charge is 0.263 e. The Morgan fingerprint density at radius 3 is 2.53 bits per heavy atom. The minimum absolute atomic E-state index is 0.0224. The number of hydrogen-bond acceptors (Lipinski definition) is 4. The number of benzene rings is 1. The summed E-state index contributed by atoms with van der Waals surface area (Å²) in [5, 5.41) is 0.346. The molecule has 0 saturated heterocycles. The molecule has 0 aliphatic carbocycles. The van der Waals surface area contributed by atoms with E-state index in [9.17, 15) is 8.42 Å². The Morgan fingerprint density at radius 2 is 1.84 bits per heavy atom. The zero-order valence-corrected chi connectivity index (χ0v) is 12.1. The fraction of sp³-hybridized carbons (Fsp3) is 0.0909. The third-order valence-corrected chi connectivity index (χ3v) is 4.56. The molecule has 0 radical (unpaired) electrons. The summed E-state index contributed by atoms with van der Waals surface area (Å²) in [5.74, 6) is -0.0245. The van der Waals surface area contributed by atoms with Gasteiger partial charge in [-0.05, 0) is 24.6 Å². The lowest BCUT2D eigenvalue weighted by molar-refractivity contribution is 0.600. The van der Waals surface area contributed by atoms with Gasteiger partial charge in [-0.15, -0.1) is 0 Å². The maximum absolute atomic E-state index is 12.2. The Labute approximate surface area is 120 Å². The second-order valence-electron chi connectivity index (χ2n) is 3.66. The maximum atomic E-state index is 12.2. The second kappa shape index (κ2) is 5.32. The van der Waals surface area contributed by atoms with Crippen LogP contribution in [0.4, 0.5) is 5.82 Å². The Balaban J connectivity index is 2.44. The highest BCUT2D eigenvalue weighted by Gasteiger charge is 2.20. The fourth-order valence-corrected chi connectivity index (χ4v) is 3.17. The molecular weight excluding hydrogens is 309 g/mol. The molecule has 0 amide bonds. The minimum Gasteiger partial charge on any atom is -0.261 e. The van der Waals surface area contributed by atoms with Crippen molar-refractivity contribution in [2.24, 2.45) is 0 Å². The molecule has 1 heterocycles. The molecule has 0 unspecified atom stereocenters. The predicted octanol–water partition coefficient (Wildman–Crippen LogP) is 2.89. The SMILES string of the molecule is Cc1c(Cl)cccc1S(=O)(=O)Nc1nccnc1Cl. The van der Waals surface area contributed by atoms with Gasteiger partial charge in [-0.1, -0.05) is 29.3 Å². The van der Waals surface area contributed by atoms with Gasteiger partial charge >= 0.3 is 0 Å². The van der Waals surface area contributed by atoms with E-state index in [0.717, 1.165) is 0 Å². The number of nitrogens with one attached hydrogen (secondary N) is 1. The van der Waals surface area contributed by atoms with Gasteiger partial charge in [-0.3, -0.25) is 4.72 Å². The molecule has 1 aromatic carbocycles. The average molecular weight is 318 g/mol. The third kappa shape index (κ3) is 2.97. The van der Waals surface area contributed by atoms with E-state index in [0.29, 0.717) is 10.6 Å². The zero-order valence-electron chi connectivity index (χ0n) is 9.76. The molecule has 0 saturated carbocycles. The first kappa shape index (κ1) is 14.0. The highest BCUT2D eigenvalue weighted by atomic mass is 35.5. The monoisotopic (exact) mass is 317 g/mol. The van der Waals surface area contributed by atoms with Crippen LogP contribution in [-0.4, -0.2) is 18.4 Å². The first-order chi connectivity index (χ1) is 8.92. The molecule has 0 fully saturated rings. The summed E-state index contributed by atoms with van der Waals surface area (Å²) in [6, 6.07) is 4.63. The van der Waals surface area contributed by atoms with Gasteiger partial charge in [0.15, 0.2) is 11.0 Å². The summed E-state index contributed by atoms with van der Waals surface area (Å²) in [6.07, 6.45) is 2.71. The zero-order chi connectivity index (χ0) is 14.0. The molecule has 0 atom stereocenters. The molecule has 2 aromatic rings. The molecule has 100 valence electrons. The van der Waals surface area contributed by atoms with Crippen LogP contribution in [0.3, 0.4) is 0 Å². The van der Waals surface area contributed by atoms with Crippen molar-refractivity contribution in [3.63, 3.8) is 0 Å². The van der Waals surface area contributed by atoms with E-state index in [-0.39, 0.29) is 15.9 Å². The smallest absolute Gasteiger partial charge is 0.261 e. The van der Waals surface area contributed by atoms with Crippen LogP contribution in [0.5, 0.6) is 0 Å². The van der Waals surface area contributed by atoms with Crippen LogP contribution in [0, 0.1) is 6.92 Å². The molecule has 2 rings (SSSR count). The van der Waals surface area contributed by atoms with Gasteiger partial charge in [0, 0.05) is 17.4 Å². The van der Waals surface area contributed by atoms with Gasteiger partial charge in [0.05, 0.1) is 4.90 Å². The standard InChI is InChI=1S/C11H9Cl2N3O2S/c1-7-8(12)3-2-4-9(7)19(17,18)16-11-10(13)14-5-6-15-11/h2-6H,1H3,(H,15,16). The lowest BCUT2D eigenvalue weighted by Crippen LogP contribution is -2.15. The van der Waals surface area contributed by atoms with Gasteiger partial charge in [0.1, 0.15) is 0 Å². The number of nitrogens with zero attached hydrogens (tertiary/aromatic N) is 2. The molecule has 0 spiro atoms. The fourth-order valence-electron chi connectivity index (χ4n) is 1.45. The average Bonchev–Trinajstić information content (AvgIpc) is 2.35. The quantitative estimate of drug-likeness (QED) is 0.944. The van der Waals surface area contributed by atoms with Gasteiger partial charge in [0.2, 0.25) is 0 Å². The normalized spacial score (nSPS) is 11.3. The summed E-state index contributed by atoms with van der Waals surface area (Å²) in [6.45, 7) is 1.62. The molecule has 8 heteroatoms. The molecule has 5 nitrogen and oxygen atoms in total. The summed E-state index contributed by atoms with van der Waals surface area (Å²) < 4.78 is 26.7. The van der Waals surface area contributed by atoms with Crippen LogP contribution in [-0.2, 0) is 10.0 Å². The van der Waals surface area contributed by atoms with E-state index in [4.69, 9.17) is 23.2 Å². The van der Waals surface area contributed by atoms with Crippen molar-refractivity contribution >= 4 is 39.0 Å². The highest BCUT2D eigenvalue weighted by molar-refractivity contribution is 7.92. The number of aromatic nitrogens is 2. The van der Waals surface area contributed by atoms with Crippen molar-refractivity contribution in [3.05, 3.63) is 46.3 Å². The summed E-state index contributed by atoms with van der Waals surface area (Å²) >= 11 is 11.7. The van der Waals surface area contributed by atoms with Crippen LogP contribution in [0.2, 0.25) is 10.2 Å². The van der Waals surface area contributed by atoms with E-state index < -0.39 is 10.0 Å². The van der Waals surface area contributed by atoms with Crippen LogP contribution in [0.25, 0.3) is 0 Å². The van der Waals surface area contributed by atoms with Crippen molar-refractivity contribution < 1.29 is 8.42 Å². The predicted molar refractivity (Wildman–Crippen MR) is 74.0 cm³/mol. The Hall–Kier alpha value is -1.37. The maximum Gasteiger partial charge on any atom is 0.263 e. The van der Waals surface area contributed by atoms with Gasteiger partial charge in [-0.2, -0.15) is 0 Å². The van der Waals surface area contributed by atoms with Crippen LogP contribution >= 0.6 is 23.2 Å². The van der Waals surface area contributed by atoms with Crippen molar-refractivity contribution in [2.75, 3.05) is 4.72 Å². The molecular formula is C11H9Cl2N3O2S. The van der Waals surface area contributed by atoms with Gasteiger partial charge in [0.25, 0.3) is 10.0 Å². The molecule has 0 aliphatic heterocycles. The summed E-state index contributed by atoms with van der Waals surface area (Å²) in [7, 11) is -3.81. The van der Waals surface area contributed by atoms with Crippen molar-refractivity contribution in [1.29, 1.82) is 0 Å². The first-order valence-corrected chi connectivity index (χ1v) is 7.40. The number of halogens is 2. The lowest BCUT2D eigenvalue weighted by Gasteiger charge is -2.10.